The summed E-state index contributed by atoms with van der Waals surface area (Å²) in [5.74, 6) is -0.225. The van der Waals surface area contributed by atoms with Gasteiger partial charge in [-0.2, -0.15) is 0 Å². The summed E-state index contributed by atoms with van der Waals surface area (Å²) in [6, 6.07) is 12.7. The van der Waals surface area contributed by atoms with Crippen LogP contribution in [0.2, 0.25) is 5.02 Å². The van der Waals surface area contributed by atoms with Crippen molar-refractivity contribution in [2.75, 3.05) is 5.32 Å². The molecule has 0 spiro atoms. The van der Waals surface area contributed by atoms with Gasteiger partial charge in [0.15, 0.2) is 0 Å². The molecule has 0 heterocycles. The molecule has 0 aliphatic heterocycles. The fraction of sp³-hybridized carbons (Fsp3) is 0.200. The summed E-state index contributed by atoms with van der Waals surface area (Å²) in [4.78, 5) is 0. The number of rotatable bonds is 2. The number of benzene rings is 2. The highest BCUT2D eigenvalue weighted by molar-refractivity contribution is 6.31. The normalized spacial score (nSPS) is 17.6. The minimum absolute atomic E-state index is 0.176. The van der Waals surface area contributed by atoms with Crippen LogP contribution in [-0.4, -0.2) is 0 Å². The van der Waals surface area contributed by atoms with Crippen LogP contribution in [0.5, 0.6) is 0 Å². The first-order valence-corrected chi connectivity index (χ1v) is 6.41. The zero-order valence-corrected chi connectivity index (χ0v) is 10.5. The van der Waals surface area contributed by atoms with Gasteiger partial charge in [0.2, 0.25) is 0 Å². The van der Waals surface area contributed by atoms with E-state index in [2.05, 4.69) is 11.4 Å². The third-order valence-corrected chi connectivity index (χ3v) is 3.69. The van der Waals surface area contributed by atoms with E-state index in [-0.39, 0.29) is 11.9 Å². The number of fused-ring (bicyclic) bond motifs is 1. The van der Waals surface area contributed by atoms with Gasteiger partial charge in [0.05, 0.1) is 6.04 Å². The first kappa shape index (κ1) is 11.5. The van der Waals surface area contributed by atoms with E-state index in [1.165, 1.54) is 17.7 Å². The zero-order valence-electron chi connectivity index (χ0n) is 9.79. The van der Waals surface area contributed by atoms with Crippen molar-refractivity contribution < 1.29 is 4.39 Å². The lowest BCUT2D eigenvalue weighted by Gasteiger charge is -2.16. The van der Waals surface area contributed by atoms with Gasteiger partial charge in [-0.15, -0.1) is 0 Å². The lowest BCUT2D eigenvalue weighted by molar-refractivity contribution is 0.627. The Bertz CT molecular complexity index is 582. The lowest BCUT2D eigenvalue weighted by atomic mass is 10.1. The number of anilines is 1. The maximum atomic E-state index is 13.2. The summed E-state index contributed by atoms with van der Waals surface area (Å²) in [5.41, 5.74) is 3.24. The average molecular weight is 262 g/mol. The van der Waals surface area contributed by atoms with Crippen molar-refractivity contribution in [3.63, 3.8) is 0 Å². The highest BCUT2D eigenvalue weighted by Crippen LogP contribution is 2.38. The molecule has 0 amide bonds. The van der Waals surface area contributed by atoms with Gasteiger partial charge in [-0.25, -0.2) is 4.39 Å². The highest BCUT2D eigenvalue weighted by atomic mass is 35.5. The van der Waals surface area contributed by atoms with Crippen molar-refractivity contribution in [1.29, 1.82) is 0 Å². The number of aryl methyl sites for hydroxylation is 1. The molecule has 0 saturated carbocycles. The topological polar surface area (TPSA) is 12.0 Å². The molecular formula is C15H13ClFN. The molecule has 1 N–H and O–H groups in total. The van der Waals surface area contributed by atoms with Gasteiger partial charge in [-0.05, 0) is 48.2 Å². The second-order valence-corrected chi connectivity index (χ2v) is 4.97. The minimum atomic E-state index is -0.225. The quantitative estimate of drug-likeness (QED) is 0.834. The molecule has 0 bridgehead atoms. The summed E-state index contributed by atoms with van der Waals surface area (Å²) in [7, 11) is 0. The second kappa shape index (κ2) is 4.62. The third kappa shape index (κ3) is 2.08. The smallest absolute Gasteiger partial charge is 0.125 e. The molecule has 1 aliphatic rings. The van der Waals surface area contributed by atoms with Crippen LogP contribution in [0.3, 0.4) is 0 Å². The summed E-state index contributed by atoms with van der Waals surface area (Å²) >= 11 is 6.25. The largest absolute Gasteiger partial charge is 0.378 e. The zero-order chi connectivity index (χ0) is 12.5. The molecule has 3 rings (SSSR count). The molecule has 0 radical (unpaired) electrons. The summed E-state index contributed by atoms with van der Waals surface area (Å²) < 4.78 is 13.2. The molecule has 0 fully saturated rings. The predicted octanol–water partition coefficient (Wildman–Crippen LogP) is 4.58. The molecule has 18 heavy (non-hydrogen) atoms. The Morgan fingerprint density at radius 1 is 1.17 bits per heavy atom. The van der Waals surface area contributed by atoms with Gasteiger partial charge >= 0.3 is 0 Å². The Hall–Kier alpha value is -1.54. The molecular weight excluding hydrogens is 249 g/mol. The highest BCUT2D eigenvalue weighted by Gasteiger charge is 2.24. The van der Waals surface area contributed by atoms with Crippen LogP contribution in [-0.2, 0) is 6.42 Å². The van der Waals surface area contributed by atoms with Gasteiger partial charge in [0.1, 0.15) is 5.82 Å². The van der Waals surface area contributed by atoms with Crippen LogP contribution >= 0.6 is 11.6 Å². The molecule has 1 aliphatic carbocycles. The maximum Gasteiger partial charge on any atom is 0.125 e. The number of halogens is 2. The van der Waals surface area contributed by atoms with Crippen molar-refractivity contribution in [2.45, 2.75) is 18.9 Å². The van der Waals surface area contributed by atoms with Crippen LogP contribution in [0, 0.1) is 5.82 Å². The van der Waals surface area contributed by atoms with Gasteiger partial charge < -0.3 is 5.32 Å². The Morgan fingerprint density at radius 2 is 2.00 bits per heavy atom. The van der Waals surface area contributed by atoms with E-state index in [0.29, 0.717) is 0 Å². The number of hydrogen-bond acceptors (Lipinski definition) is 1. The Labute approximate surface area is 111 Å². The first-order valence-electron chi connectivity index (χ1n) is 6.03. The lowest BCUT2D eigenvalue weighted by Crippen LogP contribution is -2.07. The SMILES string of the molecule is Fc1cccc(NC2CCc3cccc(Cl)c32)c1. The molecule has 0 saturated heterocycles. The van der Waals surface area contributed by atoms with E-state index in [0.717, 1.165) is 29.1 Å². The fourth-order valence-corrected chi connectivity index (χ4v) is 2.88. The van der Waals surface area contributed by atoms with Crippen molar-refractivity contribution in [3.05, 3.63) is 64.4 Å². The van der Waals surface area contributed by atoms with Crippen LogP contribution in [0.25, 0.3) is 0 Å². The van der Waals surface area contributed by atoms with E-state index in [4.69, 9.17) is 11.6 Å². The predicted molar refractivity (Wildman–Crippen MR) is 72.5 cm³/mol. The van der Waals surface area contributed by atoms with Crippen molar-refractivity contribution in [3.8, 4) is 0 Å². The van der Waals surface area contributed by atoms with Gasteiger partial charge in [0, 0.05) is 10.7 Å². The Morgan fingerprint density at radius 3 is 2.83 bits per heavy atom. The number of hydrogen-bond donors (Lipinski definition) is 1. The molecule has 1 atom stereocenters. The third-order valence-electron chi connectivity index (χ3n) is 3.36. The summed E-state index contributed by atoms with van der Waals surface area (Å²) in [6.45, 7) is 0. The van der Waals surface area contributed by atoms with E-state index < -0.39 is 0 Å². The Kier molecular flexibility index (Phi) is 2.96. The van der Waals surface area contributed by atoms with Crippen LogP contribution in [0.15, 0.2) is 42.5 Å². The Balaban J connectivity index is 1.89. The van der Waals surface area contributed by atoms with Crippen molar-refractivity contribution >= 4 is 17.3 Å². The number of nitrogens with one attached hydrogen (secondary N) is 1. The summed E-state index contributed by atoms with van der Waals surface area (Å²) in [6.07, 6.45) is 2.01. The van der Waals surface area contributed by atoms with Gasteiger partial charge in [-0.3, -0.25) is 0 Å². The van der Waals surface area contributed by atoms with Crippen LogP contribution in [0.1, 0.15) is 23.6 Å². The standard InChI is InChI=1S/C15H13ClFN/c16-13-6-1-3-10-7-8-14(15(10)13)18-12-5-2-4-11(17)9-12/h1-6,9,14,18H,7-8H2. The second-order valence-electron chi connectivity index (χ2n) is 4.56. The van der Waals surface area contributed by atoms with Crippen molar-refractivity contribution in [1.82, 2.24) is 0 Å². The molecule has 1 nitrogen and oxygen atoms in total. The molecule has 92 valence electrons. The summed E-state index contributed by atoms with van der Waals surface area (Å²) in [5, 5.41) is 4.14. The molecule has 0 aromatic heterocycles. The van der Waals surface area contributed by atoms with Gasteiger partial charge in [0.25, 0.3) is 0 Å². The van der Waals surface area contributed by atoms with Gasteiger partial charge in [-0.1, -0.05) is 29.8 Å². The van der Waals surface area contributed by atoms with E-state index in [9.17, 15) is 4.39 Å². The monoisotopic (exact) mass is 261 g/mol. The van der Waals surface area contributed by atoms with E-state index >= 15 is 0 Å². The minimum Gasteiger partial charge on any atom is -0.378 e. The molecule has 2 aromatic carbocycles. The van der Waals surface area contributed by atoms with E-state index in [1.54, 1.807) is 6.07 Å². The van der Waals surface area contributed by atoms with Crippen LogP contribution < -0.4 is 5.32 Å². The molecule has 1 unspecified atom stereocenters. The fourth-order valence-electron chi connectivity index (χ4n) is 2.56. The van der Waals surface area contributed by atoms with Crippen molar-refractivity contribution in [2.24, 2.45) is 0 Å². The van der Waals surface area contributed by atoms with E-state index in [1.807, 2.05) is 18.2 Å². The molecule has 2 aromatic rings. The average Bonchev–Trinajstić information content (AvgIpc) is 2.74. The molecule has 3 heteroatoms. The van der Waals surface area contributed by atoms with Crippen LogP contribution in [0.4, 0.5) is 10.1 Å². The maximum absolute atomic E-state index is 13.2. The first-order chi connectivity index (χ1) is 8.74.